The first-order valence-corrected chi connectivity index (χ1v) is 12.4. The number of hydrogen-bond donors (Lipinski definition) is 1. The van der Waals surface area contributed by atoms with E-state index in [0.717, 1.165) is 30.2 Å². The van der Waals surface area contributed by atoms with Crippen LogP contribution in [0.3, 0.4) is 0 Å². The van der Waals surface area contributed by atoms with Gasteiger partial charge in [0.25, 0.3) is 0 Å². The fourth-order valence-corrected chi connectivity index (χ4v) is 5.02. The Hall–Kier alpha value is -3.62. The minimum atomic E-state index is -1.23. The average Bonchev–Trinajstić information content (AvgIpc) is 3.65. The minimum Gasteiger partial charge on any atom is -0.478 e. The van der Waals surface area contributed by atoms with Crippen molar-refractivity contribution in [2.24, 2.45) is 0 Å². The summed E-state index contributed by atoms with van der Waals surface area (Å²) in [6.45, 7) is 0.135. The highest BCUT2D eigenvalue weighted by atomic mass is 35.5. The lowest BCUT2D eigenvalue weighted by atomic mass is 10.0. The molecule has 6 rings (SSSR count). The number of hydrogen-bond acceptors (Lipinski definition) is 6. The molecule has 0 spiro atoms. The third-order valence-electron chi connectivity index (χ3n) is 6.47. The molecule has 7 nitrogen and oxygen atoms in total. The molecule has 1 N–H and O–H groups in total. The first kappa shape index (κ1) is 23.8. The molecule has 3 heterocycles. The van der Waals surface area contributed by atoms with Crippen LogP contribution >= 0.6 is 23.2 Å². The van der Waals surface area contributed by atoms with Crippen molar-refractivity contribution in [3.63, 3.8) is 0 Å². The zero-order valence-electron chi connectivity index (χ0n) is 19.3. The van der Waals surface area contributed by atoms with Gasteiger partial charge in [0, 0.05) is 23.1 Å². The first-order chi connectivity index (χ1) is 17.9. The van der Waals surface area contributed by atoms with Gasteiger partial charge in [-0.2, -0.15) is 0 Å². The van der Waals surface area contributed by atoms with E-state index in [1.54, 1.807) is 30.3 Å². The van der Waals surface area contributed by atoms with Gasteiger partial charge in [-0.3, -0.25) is 0 Å². The summed E-state index contributed by atoms with van der Waals surface area (Å²) in [6.07, 6.45) is 2.71. The number of carbonyl (C=O) groups is 1. The molecular weight excluding hydrogens is 522 g/mol. The van der Waals surface area contributed by atoms with Crippen LogP contribution in [-0.2, 0) is 19.4 Å². The summed E-state index contributed by atoms with van der Waals surface area (Å²) in [6, 6.07) is 10.9. The number of halogens is 3. The van der Waals surface area contributed by atoms with Gasteiger partial charge in [0.15, 0.2) is 0 Å². The first-order valence-electron chi connectivity index (χ1n) is 11.7. The number of aromatic nitrogens is 2. The zero-order chi connectivity index (χ0) is 25.7. The number of nitrogens with zero attached hydrogens (tertiary/aromatic N) is 2. The van der Waals surface area contributed by atoms with Crippen molar-refractivity contribution in [3.05, 3.63) is 86.5 Å². The van der Waals surface area contributed by atoms with Gasteiger partial charge in [0.05, 0.1) is 26.9 Å². The monoisotopic (exact) mass is 540 g/mol. The summed E-state index contributed by atoms with van der Waals surface area (Å²) in [5.74, 6) is 0.118. The molecule has 1 aliphatic carbocycles. The van der Waals surface area contributed by atoms with Gasteiger partial charge >= 0.3 is 5.97 Å². The maximum atomic E-state index is 14.6. The maximum absolute atomic E-state index is 14.6. The molecule has 10 heteroatoms. The van der Waals surface area contributed by atoms with Crippen molar-refractivity contribution in [2.45, 2.75) is 38.2 Å². The van der Waals surface area contributed by atoms with Crippen molar-refractivity contribution in [3.8, 4) is 28.6 Å². The Morgan fingerprint density at radius 2 is 1.89 bits per heavy atom. The molecule has 4 aromatic rings. The SMILES string of the molecule is O=C(O)c1cc(F)c2c(c1)Oc1ccc(OCc3c(-c4c(Cl)cccc4Cl)noc3C3CC3)nc1CC2. The highest BCUT2D eigenvalue weighted by molar-refractivity contribution is 6.39. The van der Waals surface area contributed by atoms with E-state index in [2.05, 4.69) is 10.1 Å². The van der Waals surface area contributed by atoms with Gasteiger partial charge in [0.1, 0.15) is 35.4 Å². The number of ether oxygens (including phenoxy) is 2. The van der Waals surface area contributed by atoms with E-state index >= 15 is 0 Å². The Balaban J connectivity index is 1.28. The number of pyridine rings is 1. The van der Waals surface area contributed by atoms with Crippen molar-refractivity contribution >= 4 is 29.2 Å². The van der Waals surface area contributed by atoms with Crippen molar-refractivity contribution in [2.75, 3.05) is 0 Å². The van der Waals surface area contributed by atoms with Gasteiger partial charge in [-0.25, -0.2) is 14.2 Å². The van der Waals surface area contributed by atoms with Crippen LogP contribution in [0.4, 0.5) is 4.39 Å². The standard InChI is InChI=1S/C27H19Cl2FN2O5/c28-17-2-1-3-18(29)24(17)25-16(26(37-32-25)13-4-5-13)12-35-23-9-8-21-20(31-23)7-6-15-19(30)10-14(27(33)34)11-22(15)36-21/h1-3,8-11,13H,4-7,12H2,(H,33,34). The van der Waals surface area contributed by atoms with Crippen LogP contribution in [-0.4, -0.2) is 21.2 Å². The van der Waals surface area contributed by atoms with E-state index in [1.807, 2.05) is 0 Å². The fraction of sp³-hybridized carbons (Fsp3) is 0.222. The molecular formula is C27H19Cl2FN2O5. The van der Waals surface area contributed by atoms with Crippen LogP contribution in [0.5, 0.6) is 17.4 Å². The molecule has 0 atom stereocenters. The highest BCUT2D eigenvalue weighted by Crippen LogP contribution is 2.46. The quantitative estimate of drug-likeness (QED) is 0.275. The van der Waals surface area contributed by atoms with Crippen LogP contribution < -0.4 is 9.47 Å². The lowest BCUT2D eigenvalue weighted by molar-refractivity contribution is 0.0696. The lowest BCUT2D eigenvalue weighted by Gasteiger charge is -2.12. The van der Waals surface area contributed by atoms with Gasteiger partial charge in [-0.1, -0.05) is 34.4 Å². The molecule has 2 aromatic carbocycles. The molecule has 0 unspecified atom stereocenters. The number of carboxylic acid groups (broad SMARTS) is 1. The number of benzene rings is 2. The summed E-state index contributed by atoms with van der Waals surface area (Å²) in [7, 11) is 0. The van der Waals surface area contributed by atoms with Crippen LogP contribution in [0.1, 0.15) is 51.7 Å². The number of aryl methyl sites for hydroxylation is 1. The number of rotatable bonds is 6. The van der Waals surface area contributed by atoms with E-state index in [9.17, 15) is 14.3 Å². The molecule has 1 aliphatic heterocycles. The van der Waals surface area contributed by atoms with Crippen molar-refractivity contribution < 1.29 is 28.3 Å². The molecule has 0 bridgehead atoms. The summed E-state index contributed by atoms with van der Waals surface area (Å²) >= 11 is 12.9. The van der Waals surface area contributed by atoms with Gasteiger partial charge in [0.2, 0.25) is 5.88 Å². The molecule has 1 saturated carbocycles. The van der Waals surface area contributed by atoms with E-state index in [0.29, 0.717) is 57.0 Å². The van der Waals surface area contributed by atoms with Gasteiger partial charge in [-0.15, -0.1) is 0 Å². The summed E-state index contributed by atoms with van der Waals surface area (Å²) in [5.41, 5.74) is 2.60. The van der Waals surface area contributed by atoms with Crippen LogP contribution in [0.15, 0.2) is 47.0 Å². The normalized spacial score (nSPS) is 14.4. The van der Waals surface area contributed by atoms with Gasteiger partial charge in [-0.05, 0) is 56.0 Å². The molecule has 0 radical (unpaired) electrons. The predicted octanol–water partition coefficient (Wildman–Crippen LogP) is 7.23. The lowest BCUT2D eigenvalue weighted by Crippen LogP contribution is -2.03. The smallest absolute Gasteiger partial charge is 0.335 e. The van der Waals surface area contributed by atoms with E-state index in [1.165, 1.54) is 6.07 Å². The Kier molecular flexibility index (Phi) is 6.01. The third kappa shape index (κ3) is 4.51. The number of aromatic carboxylic acids is 1. The average molecular weight is 541 g/mol. The largest absolute Gasteiger partial charge is 0.478 e. The Labute approximate surface area is 220 Å². The Morgan fingerprint density at radius 3 is 2.62 bits per heavy atom. The van der Waals surface area contributed by atoms with Gasteiger partial charge < -0.3 is 19.1 Å². The zero-order valence-corrected chi connectivity index (χ0v) is 20.8. The number of carboxylic acids is 1. The summed E-state index contributed by atoms with van der Waals surface area (Å²) in [5, 5.41) is 14.4. The molecule has 2 aliphatic rings. The molecule has 0 saturated heterocycles. The topological polar surface area (TPSA) is 94.7 Å². The van der Waals surface area contributed by atoms with E-state index in [-0.39, 0.29) is 23.8 Å². The highest BCUT2D eigenvalue weighted by Gasteiger charge is 2.34. The molecule has 188 valence electrons. The summed E-state index contributed by atoms with van der Waals surface area (Å²) < 4.78 is 32.2. The second-order valence-electron chi connectivity index (χ2n) is 8.97. The second-order valence-corrected chi connectivity index (χ2v) is 9.78. The number of fused-ring (bicyclic) bond motifs is 2. The second kappa shape index (κ2) is 9.36. The Morgan fingerprint density at radius 1 is 1.11 bits per heavy atom. The molecule has 37 heavy (non-hydrogen) atoms. The van der Waals surface area contributed by atoms with Crippen molar-refractivity contribution in [1.82, 2.24) is 10.1 Å². The van der Waals surface area contributed by atoms with E-state index in [4.69, 9.17) is 37.2 Å². The minimum absolute atomic E-state index is 0.135. The van der Waals surface area contributed by atoms with Crippen LogP contribution in [0.25, 0.3) is 11.3 Å². The third-order valence-corrected chi connectivity index (χ3v) is 7.10. The molecule has 1 fully saturated rings. The van der Waals surface area contributed by atoms with Crippen LogP contribution in [0, 0.1) is 5.82 Å². The van der Waals surface area contributed by atoms with Crippen molar-refractivity contribution in [1.29, 1.82) is 0 Å². The van der Waals surface area contributed by atoms with E-state index < -0.39 is 11.8 Å². The Bertz CT molecular complexity index is 1530. The summed E-state index contributed by atoms with van der Waals surface area (Å²) in [4.78, 5) is 15.9. The van der Waals surface area contributed by atoms with Crippen LogP contribution in [0.2, 0.25) is 10.0 Å². The maximum Gasteiger partial charge on any atom is 0.335 e. The fourth-order valence-electron chi connectivity index (χ4n) is 4.45. The molecule has 0 amide bonds. The predicted molar refractivity (Wildman–Crippen MR) is 133 cm³/mol. The molecule has 2 aromatic heterocycles.